The molecule has 1 unspecified atom stereocenters. The first-order chi connectivity index (χ1) is 13.4. The zero-order valence-electron chi connectivity index (χ0n) is 16.2. The van der Waals surface area contributed by atoms with Crippen LogP contribution in [0.25, 0.3) is 0 Å². The Kier molecular flexibility index (Phi) is 5.09. The van der Waals surface area contributed by atoms with Crippen LogP contribution in [0.15, 0.2) is 36.4 Å². The van der Waals surface area contributed by atoms with Crippen molar-refractivity contribution in [3.63, 3.8) is 0 Å². The van der Waals surface area contributed by atoms with Gasteiger partial charge >= 0.3 is 0 Å². The van der Waals surface area contributed by atoms with Crippen molar-refractivity contribution in [2.24, 2.45) is 11.8 Å². The number of nitrogens with one attached hydrogen (secondary N) is 1. The SMILES string of the molecule is Cc1ccc2c(c1)OCC21CCC(C(C)C(=O)Nc2ccc(Cl)cc2F)CC1. The van der Waals surface area contributed by atoms with Gasteiger partial charge in [0, 0.05) is 21.9 Å². The molecular formula is C23H25ClFNO2. The highest BCUT2D eigenvalue weighted by Gasteiger charge is 2.44. The Bertz CT molecular complexity index is 905. The van der Waals surface area contributed by atoms with Crippen LogP contribution in [0.4, 0.5) is 10.1 Å². The molecule has 4 rings (SSSR count). The minimum absolute atomic E-state index is 0.0814. The maximum Gasteiger partial charge on any atom is 0.227 e. The first-order valence-electron chi connectivity index (χ1n) is 9.88. The lowest BCUT2D eigenvalue weighted by atomic mass is 9.65. The van der Waals surface area contributed by atoms with Crippen molar-refractivity contribution >= 4 is 23.2 Å². The number of anilines is 1. The fourth-order valence-corrected chi connectivity index (χ4v) is 4.80. The summed E-state index contributed by atoms with van der Waals surface area (Å²) in [5.74, 6) is 0.483. The summed E-state index contributed by atoms with van der Waals surface area (Å²) in [7, 11) is 0. The molecule has 1 atom stereocenters. The summed E-state index contributed by atoms with van der Waals surface area (Å²) >= 11 is 5.78. The average molecular weight is 402 g/mol. The molecule has 1 spiro atoms. The summed E-state index contributed by atoms with van der Waals surface area (Å²) in [5, 5.41) is 3.04. The van der Waals surface area contributed by atoms with E-state index in [1.54, 1.807) is 6.07 Å². The zero-order valence-corrected chi connectivity index (χ0v) is 17.0. The number of benzene rings is 2. The molecule has 0 bridgehead atoms. The van der Waals surface area contributed by atoms with Crippen molar-refractivity contribution in [3.8, 4) is 5.75 Å². The Hall–Kier alpha value is -2.07. The lowest BCUT2D eigenvalue weighted by Gasteiger charge is -2.38. The monoisotopic (exact) mass is 401 g/mol. The van der Waals surface area contributed by atoms with Crippen LogP contribution in [0.5, 0.6) is 5.75 Å². The first-order valence-corrected chi connectivity index (χ1v) is 10.3. The maximum atomic E-state index is 14.0. The standard InChI is InChI=1S/C23H25ClFNO2/c1-14-3-5-18-21(11-14)28-13-23(18)9-7-16(8-10-23)15(2)22(27)26-20-6-4-17(24)12-19(20)25/h3-6,11-12,15-16H,7-10,13H2,1-2H3,(H,26,27). The minimum atomic E-state index is -0.509. The van der Waals surface area contributed by atoms with Gasteiger partial charge in [-0.1, -0.05) is 30.7 Å². The van der Waals surface area contributed by atoms with E-state index in [9.17, 15) is 9.18 Å². The van der Waals surface area contributed by atoms with Gasteiger partial charge in [0.25, 0.3) is 0 Å². The van der Waals surface area contributed by atoms with E-state index in [0.29, 0.717) is 5.02 Å². The second-order valence-corrected chi connectivity index (χ2v) is 8.74. The van der Waals surface area contributed by atoms with Crippen LogP contribution in [-0.4, -0.2) is 12.5 Å². The number of halogens is 2. The van der Waals surface area contributed by atoms with Gasteiger partial charge in [-0.2, -0.15) is 0 Å². The lowest BCUT2D eigenvalue weighted by molar-refractivity contribution is -0.121. The topological polar surface area (TPSA) is 38.3 Å². The quantitative estimate of drug-likeness (QED) is 0.697. The van der Waals surface area contributed by atoms with Gasteiger partial charge in [0.15, 0.2) is 0 Å². The Morgan fingerprint density at radius 1 is 1.25 bits per heavy atom. The van der Waals surface area contributed by atoms with E-state index in [1.165, 1.54) is 23.3 Å². The number of amides is 1. The largest absolute Gasteiger partial charge is 0.492 e. The third kappa shape index (κ3) is 3.50. The van der Waals surface area contributed by atoms with Crippen molar-refractivity contribution in [1.82, 2.24) is 0 Å². The van der Waals surface area contributed by atoms with Gasteiger partial charge in [-0.15, -0.1) is 0 Å². The van der Waals surface area contributed by atoms with Gasteiger partial charge in [0.2, 0.25) is 5.91 Å². The normalized spacial score (nSPS) is 24.5. The molecule has 5 heteroatoms. The summed E-state index contributed by atoms with van der Waals surface area (Å²) in [6.07, 6.45) is 3.96. The third-order valence-corrected chi connectivity index (χ3v) is 6.74. The number of ether oxygens (including phenoxy) is 1. The summed E-state index contributed by atoms with van der Waals surface area (Å²) in [5.41, 5.74) is 2.79. The molecule has 1 aliphatic heterocycles. The Morgan fingerprint density at radius 3 is 2.71 bits per heavy atom. The summed E-state index contributed by atoms with van der Waals surface area (Å²) in [6.45, 7) is 4.75. The molecule has 1 N–H and O–H groups in total. The molecule has 3 nitrogen and oxygen atoms in total. The highest BCUT2D eigenvalue weighted by Crippen LogP contribution is 2.50. The van der Waals surface area contributed by atoms with Gasteiger partial charge in [-0.05, 0) is 68.4 Å². The number of carbonyl (C=O) groups excluding carboxylic acids is 1. The molecule has 2 aromatic carbocycles. The average Bonchev–Trinajstić information content (AvgIpc) is 3.01. The summed E-state index contributed by atoms with van der Waals surface area (Å²) in [4.78, 5) is 12.7. The van der Waals surface area contributed by atoms with Gasteiger partial charge in [-0.3, -0.25) is 4.79 Å². The predicted molar refractivity (Wildman–Crippen MR) is 110 cm³/mol. The van der Waals surface area contributed by atoms with Crippen molar-refractivity contribution in [2.75, 3.05) is 11.9 Å². The molecule has 1 amide bonds. The van der Waals surface area contributed by atoms with Crippen LogP contribution in [0, 0.1) is 24.6 Å². The highest BCUT2D eigenvalue weighted by molar-refractivity contribution is 6.30. The number of carbonyl (C=O) groups is 1. The molecule has 0 radical (unpaired) electrons. The summed E-state index contributed by atoms with van der Waals surface area (Å²) < 4.78 is 20.0. The molecule has 2 aliphatic rings. The number of hydrogen-bond donors (Lipinski definition) is 1. The predicted octanol–water partition coefficient (Wildman–Crippen LogP) is 5.88. The van der Waals surface area contributed by atoms with Crippen LogP contribution < -0.4 is 10.1 Å². The molecule has 2 aromatic rings. The molecule has 0 aromatic heterocycles. The highest BCUT2D eigenvalue weighted by atomic mass is 35.5. The Morgan fingerprint density at radius 2 is 2.00 bits per heavy atom. The van der Waals surface area contributed by atoms with Gasteiger partial charge < -0.3 is 10.1 Å². The van der Waals surface area contributed by atoms with Crippen LogP contribution in [0.3, 0.4) is 0 Å². The van der Waals surface area contributed by atoms with Crippen molar-refractivity contribution in [2.45, 2.75) is 44.9 Å². The van der Waals surface area contributed by atoms with Gasteiger partial charge in [0.05, 0.1) is 12.3 Å². The zero-order chi connectivity index (χ0) is 19.9. The number of fused-ring (bicyclic) bond motifs is 2. The molecule has 0 saturated heterocycles. The van der Waals surface area contributed by atoms with E-state index >= 15 is 0 Å². The van der Waals surface area contributed by atoms with Crippen LogP contribution in [-0.2, 0) is 10.2 Å². The van der Waals surface area contributed by atoms with E-state index in [4.69, 9.17) is 16.3 Å². The Labute approximate surface area is 170 Å². The second kappa shape index (κ2) is 7.40. The number of hydrogen-bond acceptors (Lipinski definition) is 2. The smallest absolute Gasteiger partial charge is 0.227 e. The van der Waals surface area contributed by atoms with Crippen molar-refractivity contribution < 1.29 is 13.9 Å². The molecule has 1 fully saturated rings. The molecule has 28 heavy (non-hydrogen) atoms. The molecule has 1 heterocycles. The fraction of sp³-hybridized carbons (Fsp3) is 0.435. The van der Waals surface area contributed by atoms with Crippen LogP contribution >= 0.6 is 11.6 Å². The maximum absolute atomic E-state index is 14.0. The van der Waals surface area contributed by atoms with Crippen molar-refractivity contribution in [1.29, 1.82) is 0 Å². The number of aryl methyl sites for hydroxylation is 1. The van der Waals surface area contributed by atoms with E-state index in [2.05, 4.69) is 30.4 Å². The first kappa shape index (κ1) is 19.3. The van der Waals surface area contributed by atoms with E-state index in [-0.39, 0.29) is 28.8 Å². The minimum Gasteiger partial charge on any atom is -0.492 e. The fourth-order valence-electron chi connectivity index (χ4n) is 4.64. The van der Waals surface area contributed by atoms with Crippen LogP contribution in [0.1, 0.15) is 43.7 Å². The molecule has 1 saturated carbocycles. The van der Waals surface area contributed by atoms with Crippen LogP contribution in [0.2, 0.25) is 5.02 Å². The molecule has 148 valence electrons. The molecule has 1 aliphatic carbocycles. The lowest BCUT2D eigenvalue weighted by Crippen LogP contribution is -2.37. The van der Waals surface area contributed by atoms with E-state index in [1.807, 2.05) is 6.92 Å². The van der Waals surface area contributed by atoms with E-state index in [0.717, 1.165) is 38.0 Å². The van der Waals surface area contributed by atoms with Crippen molar-refractivity contribution in [3.05, 3.63) is 58.4 Å². The Balaban J connectivity index is 1.41. The summed E-state index contributed by atoms with van der Waals surface area (Å²) in [6, 6.07) is 10.8. The number of rotatable bonds is 3. The second-order valence-electron chi connectivity index (χ2n) is 8.31. The van der Waals surface area contributed by atoms with Gasteiger partial charge in [-0.25, -0.2) is 4.39 Å². The van der Waals surface area contributed by atoms with Gasteiger partial charge in [0.1, 0.15) is 11.6 Å². The molecular weight excluding hydrogens is 377 g/mol. The van der Waals surface area contributed by atoms with E-state index < -0.39 is 5.82 Å². The third-order valence-electron chi connectivity index (χ3n) is 6.51.